The lowest BCUT2D eigenvalue weighted by atomic mass is 9.79. The molecule has 51 heavy (non-hydrogen) atoms. The third kappa shape index (κ3) is 12.7. The molecule has 8 atom stereocenters. The lowest BCUT2D eigenvalue weighted by molar-refractivity contribution is -0.157. The van der Waals surface area contributed by atoms with Crippen molar-refractivity contribution in [2.75, 3.05) is 14.2 Å². The summed E-state index contributed by atoms with van der Waals surface area (Å²) in [5.41, 5.74) is 3.06. The van der Waals surface area contributed by atoms with Crippen LogP contribution in [0.3, 0.4) is 0 Å². The van der Waals surface area contributed by atoms with Gasteiger partial charge in [-0.05, 0) is 79.9 Å². The number of allylic oxidation sites excluding steroid dienone is 5. The highest BCUT2D eigenvalue weighted by Gasteiger charge is 2.46. The van der Waals surface area contributed by atoms with Crippen LogP contribution in [0, 0.1) is 23.7 Å². The zero-order valence-electron chi connectivity index (χ0n) is 35.3. The summed E-state index contributed by atoms with van der Waals surface area (Å²) < 4.78 is 32.6. The van der Waals surface area contributed by atoms with Gasteiger partial charge in [-0.25, -0.2) is 4.79 Å². The predicted octanol–water partition coefficient (Wildman–Crippen LogP) is 11.0. The molecular formula is C42H76O7Si2. The van der Waals surface area contributed by atoms with Crippen molar-refractivity contribution in [3.63, 3.8) is 0 Å². The molecule has 0 saturated carbocycles. The molecule has 0 spiro atoms. The molecule has 1 aliphatic heterocycles. The number of carbonyl (C=O) groups is 2. The van der Waals surface area contributed by atoms with Gasteiger partial charge < -0.3 is 27.9 Å². The zero-order valence-corrected chi connectivity index (χ0v) is 37.3. The van der Waals surface area contributed by atoms with E-state index in [2.05, 4.69) is 95.2 Å². The van der Waals surface area contributed by atoms with Gasteiger partial charge in [0.15, 0.2) is 16.6 Å². The quantitative estimate of drug-likeness (QED) is 0.0937. The van der Waals surface area contributed by atoms with Gasteiger partial charge in [-0.2, -0.15) is 0 Å². The van der Waals surface area contributed by atoms with E-state index in [0.29, 0.717) is 11.1 Å². The molecule has 0 aliphatic carbocycles. The Bertz CT molecular complexity index is 1180. The average Bonchev–Trinajstić information content (AvgIpc) is 3.10. The summed E-state index contributed by atoms with van der Waals surface area (Å²) >= 11 is 0. The fourth-order valence-corrected chi connectivity index (χ4v) is 15.5. The predicted molar refractivity (Wildman–Crippen MR) is 218 cm³/mol. The fourth-order valence-electron chi connectivity index (χ4n) is 8.18. The van der Waals surface area contributed by atoms with E-state index < -0.39 is 40.7 Å². The second kappa shape index (κ2) is 22.4. The second-order valence-corrected chi connectivity index (χ2v) is 25.6. The highest BCUT2D eigenvalue weighted by atomic mass is 28.4. The first-order chi connectivity index (χ1) is 24.0. The van der Waals surface area contributed by atoms with E-state index in [1.807, 2.05) is 19.1 Å². The van der Waals surface area contributed by atoms with Gasteiger partial charge in [0, 0.05) is 13.0 Å². The standard InChI is InChI=1S/C42H76O7Si2/c1-17-36-39(48-50(18-2,19-3)29(6)7)33(12)25-31(10)23-22-24-37(45-15)41(35(14)28-43)47-42(44)38(46-16)27-32(11)26-34(13)40(36)49-51(20-4,21-5)30(8)9/h22-24,26-30,33-37,39-41H,17-21,25H2,1-16H3/b24-22+,31-23+,32-26+,38-27-/t33-,34-,35+,36+,37+,39+,40-,41-/m1/s1. The van der Waals surface area contributed by atoms with E-state index in [1.165, 1.54) is 12.7 Å². The van der Waals surface area contributed by atoms with Crippen molar-refractivity contribution < 1.29 is 32.7 Å². The molecule has 0 fully saturated rings. The SMILES string of the molecule is CC[C@H]1[C@@H](O[Si](CC)(CC)C(C)C)[C@H](C)C/C(C)=C/C=C/[C@H](OC)[C@@H]([C@@H](C)C=O)OC(=O)/C(OC)=C/C(C)=C/[C@@H](C)[C@H]1O[Si](CC)(CC)C(C)C. The third-order valence-electron chi connectivity index (χ3n) is 11.8. The van der Waals surface area contributed by atoms with Crippen molar-refractivity contribution in [2.45, 2.75) is 169 Å². The molecule has 7 nitrogen and oxygen atoms in total. The second-order valence-electron chi connectivity index (χ2n) is 15.7. The Morgan fingerprint density at radius 2 is 1.41 bits per heavy atom. The molecule has 1 aliphatic rings. The minimum Gasteiger partial charge on any atom is -0.490 e. The minimum atomic E-state index is -2.14. The van der Waals surface area contributed by atoms with Crippen LogP contribution >= 0.6 is 0 Å². The van der Waals surface area contributed by atoms with Crippen molar-refractivity contribution >= 4 is 28.9 Å². The molecule has 0 radical (unpaired) electrons. The number of aldehydes is 1. The normalized spacial score (nSPS) is 30.9. The molecule has 0 N–H and O–H groups in total. The molecule has 9 heteroatoms. The lowest BCUT2D eigenvalue weighted by Crippen LogP contribution is -2.54. The van der Waals surface area contributed by atoms with Gasteiger partial charge >= 0.3 is 5.97 Å². The van der Waals surface area contributed by atoms with Crippen LogP contribution in [-0.2, 0) is 32.7 Å². The van der Waals surface area contributed by atoms with Gasteiger partial charge in [0.25, 0.3) is 0 Å². The number of hydrogen-bond donors (Lipinski definition) is 0. The van der Waals surface area contributed by atoms with E-state index in [4.69, 9.17) is 23.1 Å². The number of rotatable bonds is 15. The summed E-state index contributed by atoms with van der Waals surface area (Å²) in [4.78, 5) is 25.5. The van der Waals surface area contributed by atoms with Gasteiger partial charge in [0.05, 0.1) is 25.2 Å². The van der Waals surface area contributed by atoms with Crippen molar-refractivity contribution in [1.29, 1.82) is 0 Å². The van der Waals surface area contributed by atoms with Crippen molar-refractivity contribution in [1.82, 2.24) is 0 Å². The van der Waals surface area contributed by atoms with E-state index in [9.17, 15) is 9.59 Å². The van der Waals surface area contributed by atoms with Gasteiger partial charge in [0.2, 0.25) is 5.76 Å². The summed E-state index contributed by atoms with van der Waals surface area (Å²) in [6, 6.07) is 4.25. The Balaban J connectivity index is 4.20. The zero-order chi connectivity index (χ0) is 39.1. The molecule has 294 valence electrons. The maximum absolute atomic E-state index is 13.6. The van der Waals surface area contributed by atoms with E-state index in [1.54, 1.807) is 20.1 Å². The van der Waals surface area contributed by atoms with Gasteiger partial charge in [0.1, 0.15) is 18.5 Å². The molecule has 0 aromatic heterocycles. The molecule has 1 heterocycles. The highest BCUT2D eigenvalue weighted by molar-refractivity contribution is 6.75. The number of carbonyl (C=O) groups excluding carboxylic acids is 2. The van der Waals surface area contributed by atoms with E-state index in [0.717, 1.165) is 48.9 Å². The number of cyclic esters (lactones) is 1. The minimum absolute atomic E-state index is 0.00788. The Morgan fingerprint density at radius 3 is 1.84 bits per heavy atom. The Kier molecular flexibility index (Phi) is 20.8. The summed E-state index contributed by atoms with van der Waals surface area (Å²) in [7, 11) is -1.21. The van der Waals surface area contributed by atoms with Crippen LogP contribution in [0.1, 0.15) is 110 Å². The van der Waals surface area contributed by atoms with Gasteiger partial charge in [-0.1, -0.05) is 119 Å². The molecule has 0 aromatic rings. The molecule has 0 unspecified atom stereocenters. The third-order valence-corrected chi connectivity index (χ3v) is 22.3. The maximum atomic E-state index is 13.6. The molecule has 0 amide bonds. The molecular weight excluding hydrogens is 673 g/mol. The summed E-state index contributed by atoms with van der Waals surface area (Å²) in [5, 5.41) is 0. The Hall–Kier alpha value is -1.79. The number of hydrogen-bond acceptors (Lipinski definition) is 7. The van der Waals surface area contributed by atoms with Crippen LogP contribution in [0.15, 0.2) is 47.3 Å². The molecule has 0 bridgehead atoms. The van der Waals surface area contributed by atoms with Gasteiger partial charge in [-0.3, -0.25) is 0 Å². The van der Waals surface area contributed by atoms with E-state index in [-0.39, 0.29) is 35.7 Å². The summed E-state index contributed by atoms with van der Waals surface area (Å²) in [6.07, 6.45) is 10.9. The number of methoxy groups -OCH3 is 2. The Labute approximate surface area is 315 Å². The van der Waals surface area contributed by atoms with Crippen molar-refractivity contribution in [3.05, 3.63) is 47.3 Å². The summed E-state index contributed by atoms with van der Waals surface area (Å²) in [6.45, 7) is 31.4. The highest BCUT2D eigenvalue weighted by Crippen LogP contribution is 2.42. The van der Waals surface area contributed by atoms with Crippen LogP contribution in [0.25, 0.3) is 0 Å². The van der Waals surface area contributed by atoms with Gasteiger partial charge in [-0.15, -0.1) is 0 Å². The number of esters is 1. The largest absolute Gasteiger partial charge is 0.490 e. The molecule has 1 rings (SSSR count). The van der Waals surface area contributed by atoms with E-state index >= 15 is 0 Å². The number of ether oxygens (including phenoxy) is 3. The Morgan fingerprint density at radius 1 is 0.882 bits per heavy atom. The average molecular weight is 749 g/mol. The monoisotopic (exact) mass is 749 g/mol. The van der Waals surface area contributed by atoms with Crippen molar-refractivity contribution in [3.8, 4) is 0 Å². The van der Waals surface area contributed by atoms with Crippen LogP contribution in [0.2, 0.25) is 35.3 Å². The first-order valence-electron chi connectivity index (χ1n) is 19.8. The first-order valence-corrected chi connectivity index (χ1v) is 24.6. The fraction of sp³-hybridized carbons (Fsp3) is 0.762. The topological polar surface area (TPSA) is 80.3 Å². The maximum Gasteiger partial charge on any atom is 0.373 e. The summed E-state index contributed by atoms with van der Waals surface area (Å²) in [5.74, 6) is -0.737. The smallest absolute Gasteiger partial charge is 0.373 e. The van der Waals surface area contributed by atoms with Crippen LogP contribution in [-0.4, -0.2) is 67.5 Å². The van der Waals surface area contributed by atoms with Crippen LogP contribution < -0.4 is 0 Å². The lowest BCUT2D eigenvalue weighted by Gasteiger charge is -2.48. The van der Waals surface area contributed by atoms with Crippen LogP contribution in [0.4, 0.5) is 0 Å². The molecule has 0 aromatic carbocycles. The first kappa shape index (κ1) is 47.2. The molecule has 0 saturated heterocycles. The van der Waals surface area contributed by atoms with Crippen LogP contribution in [0.5, 0.6) is 0 Å². The van der Waals surface area contributed by atoms with Crippen molar-refractivity contribution in [2.24, 2.45) is 23.7 Å².